The van der Waals surface area contributed by atoms with Crippen molar-refractivity contribution in [1.82, 2.24) is 4.90 Å². The van der Waals surface area contributed by atoms with E-state index >= 15 is 0 Å². The van der Waals surface area contributed by atoms with Crippen molar-refractivity contribution < 1.29 is 19.4 Å². The summed E-state index contributed by atoms with van der Waals surface area (Å²) >= 11 is 0. The molecule has 1 N–H and O–H groups in total. The van der Waals surface area contributed by atoms with Crippen molar-refractivity contribution in [3.63, 3.8) is 0 Å². The number of ether oxygens (including phenoxy) is 1. The van der Waals surface area contributed by atoms with Crippen LogP contribution in [0.25, 0.3) is 0 Å². The molecule has 5 heteroatoms. The number of rotatable bonds is 2. The van der Waals surface area contributed by atoms with Crippen molar-refractivity contribution in [2.75, 3.05) is 19.8 Å². The zero-order valence-corrected chi connectivity index (χ0v) is 10.4. The van der Waals surface area contributed by atoms with Crippen LogP contribution in [0.2, 0.25) is 0 Å². The number of aliphatic hydroxyl groups is 1. The fraction of sp³-hybridized carbons (Fsp3) is 0.833. The van der Waals surface area contributed by atoms with Crippen LogP contribution in [-0.2, 0) is 14.3 Å². The van der Waals surface area contributed by atoms with Crippen LogP contribution >= 0.6 is 0 Å². The summed E-state index contributed by atoms with van der Waals surface area (Å²) in [5.41, 5.74) is -1.38. The zero-order chi connectivity index (χ0) is 12.7. The molecule has 2 rings (SSSR count). The number of carbonyl (C=O) groups excluding carboxylic acids is 2. The number of carbonyl (C=O) groups is 2. The first kappa shape index (κ1) is 12.5. The second-order valence-corrected chi connectivity index (χ2v) is 5.59. The molecule has 0 spiro atoms. The maximum Gasteiger partial charge on any atom is 0.235 e. The van der Waals surface area contributed by atoms with E-state index in [0.29, 0.717) is 26.1 Å². The molecule has 96 valence electrons. The second-order valence-electron chi connectivity index (χ2n) is 5.59. The highest BCUT2D eigenvalue weighted by molar-refractivity contribution is 6.06. The van der Waals surface area contributed by atoms with Gasteiger partial charge in [-0.3, -0.25) is 14.5 Å². The maximum atomic E-state index is 12.3. The van der Waals surface area contributed by atoms with Gasteiger partial charge in [-0.1, -0.05) is 13.8 Å². The van der Waals surface area contributed by atoms with Crippen molar-refractivity contribution in [2.24, 2.45) is 5.41 Å². The van der Waals surface area contributed by atoms with E-state index < -0.39 is 11.0 Å². The van der Waals surface area contributed by atoms with Gasteiger partial charge in [0, 0.05) is 19.6 Å². The number of imide groups is 1. The molecule has 0 saturated carbocycles. The molecule has 5 nitrogen and oxygen atoms in total. The predicted molar refractivity (Wildman–Crippen MR) is 60.1 cm³/mol. The average Bonchev–Trinajstić information content (AvgIpc) is 2.49. The van der Waals surface area contributed by atoms with E-state index in [2.05, 4.69) is 0 Å². The molecule has 0 aromatic rings. The monoisotopic (exact) mass is 241 g/mol. The lowest BCUT2D eigenvalue weighted by atomic mass is 9.87. The molecular formula is C12H19NO4. The topological polar surface area (TPSA) is 66.8 Å². The van der Waals surface area contributed by atoms with E-state index in [1.165, 1.54) is 4.90 Å². The van der Waals surface area contributed by atoms with E-state index in [0.717, 1.165) is 0 Å². The van der Waals surface area contributed by atoms with E-state index in [1.807, 2.05) is 0 Å². The number of aliphatic hydroxyl groups excluding tert-OH is 1. The molecule has 2 aliphatic heterocycles. The van der Waals surface area contributed by atoms with Gasteiger partial charge in [-0.05, 0) is 12.8 Å². The Labute approximate surface area is 101 Å². The first-order valence-corrected chi connectivity index (χ1v) is 5.99. The summed E-state index contributed by atoms with van der Waals surface area (Å²) in [5.74, 6) is -0.339. The number of hydrogen-bond acceptors (Lipinski definition) is 4. The number of hydrogen-bond donors (Lipinski definition) is 1. The van der Waals surface area contributed by atoms with Gasteiger partial charge >= 0.3 is 0 Å². The Kier molecular flexibility index (Phi) is 2.99. The van der Waals surface area contributed by atoms with Crippen LogP contribution in [0.15, 0.2) is 0 Å². The molecule has 17 heavy (non-hydrogen) atoms. The third-order valence-corrected chi connectivity index (χ3v) is 3.82. The summed E-state index contributed by atoms with van der Waals surface area (Å²) in [6, 6.07) is 0. The molecular weight excluding hydrogens is 222 g/mol. The molecule has 2 aliphatic rings. The highest BCUT2D eigenvalue weighted by Gasteiger charge is 2.53. The molecule has 0 radical (unpaired) electrons. The van der Waals surface area contributed by atoms with Crippen molar-refractivity contribution in [1.29, 1.82) is 0 Å². The summed E-state index contributed by atoms with van der Waals surface area (Å²) in [6.45, 7) is 4.34. The quantitative estimate of drug-likeness (QED) is 0.707. The standard InChI is InChI=1S/C12H19NO4/c1-11(2)7-9(15)13(10(11)16)12(8-14)3-5-17-6-4-12/h14H,3-8H2,1-2H3. The zero-order valence-electron chi connectivity index (χ0n) is 10.4. The summed E-state index contributed by atoms with van der Waals surface area (Å²) in [4.78, 5) is 25.6. The van der Waals surface area contributed by atoms with E-state index in [1.54, 1.807) is 13.8 Å². The summed E-state index contributed by atoms with van der Waals surface area (Å²) in [5, 5.41) is 9.61. The highest BCUT2D eigenvalue weighted by Crippen LogP contribution is 2.39. The minimum Gasteiger partial charge on any atom is -0.394 e. The first-order chi connectivity index (χ1) is 7.93. The Balaban J connectivity index is 2.31. The predicted octanol–water partition coefficient (Wildman–Crippen LogP) is 0.313. The third kappa shape index (κ3) is 1.87. The highest BCUT2D eigenvalue weighted by atomic mass is 16.5. The molecule has 0 unspecified atom stereocenters. The Morgan fingerprint density at radius 1 is 1.29 bits per heavy atom. The number of likely N-dealkylation sites (tertiary alicyclic amines) is 1. The first-order valence-electron chi connectivity index (χ1n) is 5.99. The Bertz CT molecular complexity index is 344. The molecule has 0 atom stereocenters. The van der Waals surface area contributed by atoms with Crippen LogP contribution in [0.3, 0.4) is 0 Å². The van der Waals surface area contributed by atoms with Gasteiger partial charge in [-0.25, -0.2) is 0 Å². The normalized spacial score (nSPS) is 27.6. The molecule has 0 aliphatic carbocycles. The maximum absolute atomic E-state index is 12.3. The summed E-state index contributed by atoms with van der Waals surface area (Å²) in [7, 11) is 0. The van der Waals surface area contributed by atoms with Crippen molar-refractivity contribution in [2.45, 2.75) is 38.6 Å². The second kappa shape index (κ2) is 4.07. The van der Waals surface area contributed by atoms with E-state index in [-0.39, 0.29) is 24.8 Å². The van der Waals surface area contributed by atoms with Gasteiger partial charge < -0.3 is 9.84 Å². The lowest BCUT2D eigenvalue weighted by Gasteiger charge is -2.42. The lowest BCUT2D eigenvalue weighted by molar-refractivity contribution is -0.155. The largest absolute Gasteiger partial charge is 0.394 e. The summed E-state index contributed by atoms with van der Waals surface area (Å²) in [6.07, 6.45) is 1.28. The van der Waals surface area contributed by atoms with Crippen LogP contribution in [0.1, 0.15) is 33.1 Å². The molecule has 0 bridgehead atoms. The SMILES string of the molecule is CC1(C)CC(=O)N(C2(CO)CCOCC2)C1=O. The van der Waals surface area contributed by atoms with Gasteiger partial charge in [0.15, 0.2) is 0 Å². The van der Waals surface area contributed by atoms with Crippen LogP contribution in [-0.4, -0.2) is 47.2 Å². The van der Waals surface area contributed by atoms with E-state index in [4.69, 9.17) is 4.74 Å². The third-order valence-electron chi connectivity index (χ3n) is 3.82. The van der Waals surface area contributed by atoms with Gasteiger partial charge in [0.2, 0.25) is 11.8 Å². The van der Waals surface area contributed by atoms with Gasteiger partial charge in [-0.15, -0.1) is 0 Å². The van der Waals surface area contributed by atoms with Crippen LogP contribution in [0.4, 0.5) is 0 Å². The minimum atomic E-state index is -0.736. The number of amides is 2. The van der Waals surface area contributed by atoms with Gasteiger partial charge in [0.1, 0.15) is 0 Å². The molecule has 0 aromatic carbocycles. The van der Waals surface area contributed by atoms with Gasteiger partial charge in [0.25, 0.3) is 0 Å². The Morgan fingerprint density at radius 2 is 1.88 bits per heavy atom. The lowest BCUT2D eigenvalue weighted by Crippen LogP contribution is -2.57. The minimum absolute atomic E-state index is 0.168. The fourth-order valence-electron chi connectivity index (χ4n) is 2.63. The van der Waals surface area contributed by atoms with Crippen molar-refractivity contribution in [3.05, 3.63) is 0 Å². The molecule has 2 fully saturated rings. The summed E-state index contributed by atoms with van der Waals surface area (Å²) < 4.78 is 5.25. The molecule has 2 saturated heterocycles. The molecule has 0 aromatic heterocycles. The van der Waals surface area contributed by atoms with Crippen LogP contribution in [0, 0.1) is 5.41 Å². The van der Waals surface area contributed by atoms with Crippen LogP contribution < -0.4 is 0 Å². The molecule has 2 amide bonds. The van der Waals surface area contributed by atoms with E-state index in [9.17, 15) is 14.7 Å². The Hall–Kier alpha value is -0.940. The van der Waals surface area contributed by atoms with Gasteiger partial charge in [-0.2, -0.15) is 0 Å². The fourth-order valence-corrected chi connectivity index (χ4v) is 2.63. The average molecular weight is 241 g/mol. The van der Waals surface area contributed by atoms with Crippen molar-refractivity contribution >= 4 is 11.8 Å². The van der Waals surface area contributed by atoms with Crippen molar-refractivity contribution in [3.8, 4) is 0 Å². The Morgan fingerprint density at radius 3 is 2.29 bits per heavy atom. The smallest absolute Gasteiger partial charge is 0.235 e. The van der Waals surface area contributed by atoms with Gasteiger partial charge in [0.05, 0.1) is 17.6 Å². The number of nitrogens with zero attached hydrogens (tertiary/aromatic N) is 1. The molecule has 2 heterocycles. The van der Waals surface area contributed by atoms with Crippen LogP contribution in [0.5, 0.6) is 0 Å².